The molecule has 4 N–H and O–H groups in total. The molecular formula is C11H21BN2O4. The average Bonchev–Trinajstić information content (AvgIpc) is 2.69. The van der Waals surface area contributed by atoms with Crippen molar-refractivity contribution < 1.29 is 19.9 Å². The van der Waals surface area contributed by atoms with E-state index >= 15 is 0 Å². The second-order valence-corrected chi connectivity index (χ2v) is 5.71. The molecule has 2 saturated heterocycles. The van der Waals surface area contributed by atoms with Gasteiger partial charge in [0.25, 0.3) is 0 Å². The first-order chi connectivity index (χ1) is 8.42. The number of likely N-dealkylation sites (N-methyl/N-ethyl adjacent to an activating group) is 1. The molecule has 2 atom stereocenters. The van der Waals surface area contributed by atoms with Crippen molar-refractivity contribution in [2.45, 2.75) is 31.1 Å². The molecule has 2 heterocycles. The zero-order chi connectivity index (χ0) is 13.4. The van der Waals surface area contributed by atoms with Crippen LogP contribution in [0.1, 0.15) is 19.3 Å². The van der Waals surface area contributed by atoms with Crippen LogP contribution in [0.2, 0.25) is 6.32 Å². The van der Waals surface area contributed by atoms with E-state index in [0.29, 0.717) is 25.7 Å². The molecule has 2 aliphatic rings. The van der Waals surface area contributed by atoms with E-state index in [4.69, 9.17) is 10.0 Å². The van der Waals surface area contributed by atoms with Gasteiger partial charge in [-0.15, -0.1) is 0 Å². The van der Waals surface area contributed by atoms with Gasteiger partial charge in [-0.3, -0.25) is 4.79 Å². The highest BCUT2D eigenvalue weighted by molar-refractivity contribution is 6.40. The number of aliphatic carboxylic acids is 1. The normalized spacial score (nSPS) is 35.7. The number of hydrogen-bond acceptors (Lipinski definition) is 5. The second-order valence-electron chi connectivity index (χ2n) is 5.71. The molecule has 0 amide bonds. The van der Waals surface area contributed by atoms with E-state index in [1.54, 1.807) is 0 Å². The lowest BCUT2D eigenvalue weighted by Crippen LogP contribution is -2.58. The first-order valence-electron chi connectivity index (χ1n) is 6.45. The summed E-state index contributed by atoms with van der Waals surface area (Å²) in [4.78, 5) is 13.7. The number of nitrogens with one attached hydrogen (secondary N) is 1. The molecule has 2 unspecified atom stereocenters. The van der Waals surface area contributed by atoms with Gasteiger partial charge in [0, 0.05) is 18.5 Å². The molecule has 0 radical (unpaired) electrons. The number of nitrogens with zero attached hydrogens (tertiary/aromatic N) is 1. The lowest BCUT2D eigenvalue weighted by atomic mass is 9.68. The third kappa shape index (κ3) is 2.05. The molecule has 0 aromatic heterocycles. The Morgan fingerprint density at radius 2 is 2.17 bits per heavy atom. The molecule has 0 aromatic rings. The summed E-state index contributed by atoms with van der Waals surface area (Å²) in [5.41, 5.74) is -1.13. The molecule has 2 aliphatic heterocycles. The third-order valence-corrected chi connectivity index (χ3v) is 4.50. The quantitative estimate of drug-likeness (QED) is 0.471. The van der Waals surface area contributed by atoms with Gasteiger partial charge in [-0.2, -0.15) is 0 Å². The van der Waals surface area contributed by atoms with Crippen LogP contribution in [0.25, 0.3) is 0 Å². The molecule has 0 spiro atoms. The van der Waals surface area contributed by atoms with Crippen LogP contribution >= 0.6 is 0 Å². The number of carboxylic acid groups (broad SMARTS) is 1. The fourth-order valence-corrected chi connectivity index (χ4v) is 3.74. The highest BCUT2D eigenvalue weighted by Gasteiger charge is 2.63. The summed E-state index contributed by atoms with van der Waals surface area (Å²) < 4.78 is 0. The van der Waals surface area contributed by atoms with E-state index in [-0.39, 0.29) is 5.41 Å². The topological polar surface area (TPSA) is 93.0 Å². The van der Waals surface area contributed by atoms with Crippen LogP contribution in [0.4, 0.5) is 0 Å². The number of carbonyl (C=O) groups is 1. The van der Waals surface area contributed by atoms with E-state index < -0.39 is 18.6 Å². The minimum atomic E-state index is -1.30. The minimum Gasteiger partial charge on any atom is -0.480 e. The minimum absolute atomic E-state index is 0.275. The lowest BCUT2D eigenvalue weighted by molar-refractivity contribution is -0.147. The number of hydrogen-bond donors (Lipinski definition) is 4. The number of likely N-dealkylation sites (tertiary alicyclic amines) is 1. The van der Waals surface area contributed by atoms with Gasteiger partial charge in [0.05, 0.1) is 0 Å². The van der Waals surface area contributed by atoms with Gasteiger partial charge < -0.3 is 25.4 Å². The predicted octanol–water partition coefficient (Wildman–Crippen LogP) is -1.01. The van der Waals surface area contributed by atoms with Crippen molar-refractivity contribution >= 4 is 13.1 Å². The molecule has 0 saturated carbocycles. The SMILES string of the molecule is CN1CC2(CCCB(O)O)CCNC2(C(=O)O)C1. The van der Waals surface area contributed by atoms with Gasteiger partial charge >= 0.3 is 13.1 Å². The molecule has 102 valence electrons. The van der Waals surface area contributed by atoms with Crippen LogP contribution in [-0.2, 0) is 4.79 Å². The molecular weight excluding hydrogens is 235 g/mol. The summed E-state index contributed by atoms with van der Waals surface area (Å²) in [7, 11) is 0.641. The van der Waals surface area contributed by atoms with Gasteiger partial charge in [0.2, 0.25) is 0 Å². The Hall–Kier alpha value is -0.625. The first-order valence-corrected chi connectivity index (χ1v) is 6.45. The number of rotatable bonds is 5. The summed E-state index contributed by atoms with van der Waals surface area (Å²) in [6.45, 7) is 2.00. The van der Waals surface area contributed by atoms with E-state index in [0.717, 1.165) is 19.5 Å². The zero-order valence-corrected chi connectivity index (χ0v) is 10.7. The van der Waals surface area contributed by atoms with Crippen LogP contribution in [0, 0.1) is 5.41 Å². The Morgan fingerprint density at radius 1 is 1.44 bits per heavy atom. The smallest absolute Gasteiger partial charge is 0.451 e. The van der Waals surface area contributed by atoms with E-state index in [1.165, 1.54) is 0 Å². The van der Waals surface area contributed by atoms with Gasteiger partial charge in [-0.05, 0) is 32.8 Å². The molecule has 18 heavy (non-hydrogen) atoms. The van der Waals surface area contributed by atoms with E-state index in [9.17, 15) is 9.90 Å². The Bertz CT molecular complexity index is 341. The van der Waals surface area contributed by atoms with E-state index in [1.807, 2.05) is 7.05 Å². The maximum Gasteiger partial charge on any atom is 0.451 e. The zero-order valence-electron chi connectivity index (χ0n) is 10.7. The molecule has 0 bridgehead atoms. The van der Waals surface area contributed by atoms with Crippen LogP contribution in [0.5, 0.6) is 0 Å². The van der Waals surface area contributed by atoms with Crippen LogP contribution < -0.4 is 5.32 Å². The summed E-state index contributed by atoms with van der Waals surface area (Å²) in [6, 6.07) is 0. The summed E-state index contributed by atoms with van der Waals surface area (Å²) in [5, 5.41) is 30.6. The summed E-state index contributed by atoms with van der Waals surface area (Å²) >= 11 is 0. The maximum atomic E-state index is 11.7. The molecule has 7 heteroatoms. The van der Waals surface area contributed by atoms with Crippen LogP contribution in [0.3, 0.4) is 0 Å². The fourth-order valence-electron chi connectivity index (χ4n) is 3.74. The summed E-state index contributed by atoms with van der Waals surface area (Å²) in [5.74, 6) is -0.783. The van der Waals surface area contributed by atoms with Crippen molar-refractivity contribution in [3.8, 4) is 0 Å². The van der Waals surface area contributed by atoms with Crippen molar-refractivity contribution in [1.82, 2.24) is 10.2 Å². The van der Waals surface area contributed by atoms with Gasteiger partial charge in [-0.1, -0.05) is 6.42 Å². The largest absolute Gasteiger partial charge is 0.480 e. The molecule has 2 fully saturated rings. The Balaban J connectivity index is 2.14. The first kappa shape index (κ1) is 13.8. The highest BCUT2D eigenvalue weighted by Crippen LogP contribution is 2.49. The molecule has 6 nitrogen and oxygen atoms in total. The van der Waals surface area contributed by atoms with Crippen LogP contribution in [0.15, 0.2) is 0 Å². The van der Waals surface area contributed by atoms with Gasteiger partial charge in [-0.25, -0.2) is 0 Å². The van der Waals surface area contributed by atoms with Gasteiger partial charge in [0.15, 0.2) is 0 Å². The Morgan fingerprint density at radius 3 is 2.78 bits per heavy atom. The second kappa shape index (κ2) is 4.81. The van der Waals surface area contributed by atoms with Gasteiger partial charge in [0.1, 0.15) is 5.54 Å². The Kier molecular flexibility index (Phi) is 3.69. The fraction of sp³-hybridized carbons (Fsp3) is 0.909. The van der Waals surface area contributed by atoms with Crippen LogP contribution in [-0.4, -0.2) is 65.4 Å². The summed E-state index contributed by atoms with van der Waals surface area (Å²) in [6.07, 6.45) is 2.50. The molecule has 0 aliphatic carbocycles. The molecule has 2 rings (SSSR count). The number of carboxylic acids is 1. The third-order valence-electron chi connectivity index (χ3n) is 4.50. The predicted molar refractivity (Wildman–Crippen MR) is 67.1 cm³/mol. The molecule has 0 aromatic carbocycles. The van der Waals surface area contributed by atoms with Crippen molar-refractivity contribution in [2.24, 2.45) is 5.41 Å². The number of fused-ring (bicyclic) bond motifs is 1. The monoisotopic (exact) mass is 256 g/mol. The lowest BCUT2D eigenvalue weighted by Gasteiger charge is -2.35. The van der Waals surface area contributed by atoms with Crippen molar-refractivity contribution in [1.29, 1.82) is 0 Å². The van der Waals surface area contributed by atoms with Crippen molar-refractivity contribution in [3.05, 3.63) is 0 Å². The average molecular weight is 256 g/mol. The van der Waals surface area contributed by atoms with E-state index in [2.05, 4.69) is 10.2 Å². The van der Waals surface area contributed by atoms with Crippen molar-refractivity contribution in [3.63, 3.8) is 0 Å². The maximum absolute atomic E-state index is 11.7. The highest BCUT2D eigenvalue weighted by atomic mass is 16.4. The Labute approximate surface area is 107 Å². The standard InChI is InChI=1S/C11H21BN2O4/c1-14-7-10(3-2-5-12(17)18)4-6-13-11(10,8-14)9(15)16/h13,17-18H,2-8H2,1H3,(H,15,16). The van der Waals surface area contributed by atoms with Crippen molar-refractivity contribution in [2.75, 3.05) is 26.7 Å².